The van der Waals surface area contributed by atoms with E-state index in [0.717, 1.165) is 44.5 Å². The van der Waals surface area contributed by atoms with Crippen molar-refractivity contribution in [3.05, 3.63) is 29.8 Å². The predicted molar refractivity (Wildman–Crippen MR) is 109 cm³/mol. The molecule has 0 saturated carbocycles. The maximum absolute atomic E-state index is 13.0. The lowest BCUT2D eigenvalue weighted by Gasteiger charge is -2.28. The molecule has 2 unspecified atom stereocenters. The summed E-state index contributed by atoms with van der Waals surface area (Å²) < 4.78 is 0. The fourth-order valence-electron chi connectivity index (χ4n) is 4.29. The number of para-hydroxylation sites is 1. The van der Waals surface area contributed by atoms with Gasteiger partial charge in [-0.1, -0.05) is 18.2 Å². The van der Waals surface area contributed by atoms with Gasteiger partial charge in [0.1, 0.15) is 0 Å². The van der Waals surface area contributed by atoms with Crippen LogP contribution in [0, 0.1) is 0 Å². The van der Waals surface area contributed by atoms with Crippen LogP contribution in [0.3, 0.4) is 0 Å². The minimum atomic E-state index is -0.787. The topological polar surface area (TPSA) is 64.1 Å². The van der Waals surface area contributed by atoms with Crippen molar-refractivity contribution in [2.24, 2.45) is 0 Å². The molecule has 0 bridgehead atoms. The lowest BCUT2D eigenvalue weighted by molar-refractivity contribution is -0.138. The highest BCUT2D eigenvalue weighted by Gasteiger charge is 2.31. The summed E-state index contributed by atoms with van der Waals surface area (Å²) in [6, 6.07) is 8.65. The van der Waals surface area contributed by atoms with Crippen molar-refractivity contribution in [3.8, 4) is 0 Å². The number of likely N-dealkylation sites (tertiary alicyclic amines) is 1. The Kier molecular flexibility index (Phi) is 7.65. The highest BCUT2D eigenvalue weighted by molar-refractivity contribution is 5.97. The molecule has 7 heteroatoms. The minimum absolute atomic E-state index is 0. The molecule has 1 fully saturated rings. The Morgan fingerprint density at radius 3 is 2.70 bits per heavy atom. The summed E-state index contributed by atoms with van der Waals surface area (Å²) in [6.45, 7) is 4.36. The molecular weight excluding hydrogens is 366 g/mol. The van der Waals surface area contributed by atoms with Gasteiger partial charge in [-0.2, -0.15) is 0 Å². The third kappa shape index (κ3) is 5.21. The summed E-state index contributed by atoms with van der Waals surface area (Å²) in [4.78, 5) is 30.0. The van der Waals surface area contributed by atoms with Gasteiger partial charge in [-0.3, -0.25) is 19.4 Å². The van der Waals surface area contributed by atoms with Gasteiger partial charge in [-0.05, 0) is 57.8 Å². The number of likely N-dealkylation sites (N-methyl/N-ethyl adjacent to an activating group) is 1. The minimum Gasteiger partial charge on any atom is -0.480 e. The van der Waals surface area contributed by atoms with Crippen molar-refractivity contribution in [1.82, 2.24) is 9.80 Å². The zero-order valence-electron chi connectivity index (χ0n) is 16.1. The van der Waals surface area contributed by atoms with Crippen LogP contribution in [0.15, 0.2) is 24.3 Å². The molecule has 1 aromatic carbocycles. The lowest BCUT2D eigenvalue weighted by atomic mass is 10.1. The van der Waals surface area contributed by atoms with Crippen molar-refractivity contribution < 1.29 is 14.7 Å². The highest BCUT2D eigenvalue weighted by atomic mass is 35.5. The van der Waals surface area contributed by atoms with Gasteiger partial charge in [0.25, 0.3) is 0 Å². The molecule has 2 aliphatic heterocycles. The zero-order chi connectivity index (χ0) is 18.7. The van der Waals surface area contributed by atoms with Gasteiger partial charge in [-0.15, -0.1) is 12.4 Å². The SMILES string of the molecule is CC1Cc2ccccc2N1C(=O)CN1CCCC(N(C)CC(=O)O)CC1.Cl. The molecule has 2 atom stereocenters. The zero-order valence-corrected chi connectivity index (χ0v) is 17.0. The Morgan fingerprint density at radius 1 is 1.22 bits per heavy atom. The van der Waals surface area contributed by atoms with Crippen LogP contribution in [0.2, 0.25) is 0 Å². The number of aliphatic carboxylic acids is 1. The molecule has 0 aliphatic carbocycles. The van der Waals surface area contributed by atoms with Crippen molar-refractivity contribution >= 4 is 30.0 Å². The van der Waals surface area contributed by atoms with E-state index in [1.54, 1.807) is 0 Å². The lowest BCUT2D eigenvalue weighted by Crippen LogP contribution is -2.43. The summed E-state index contributed by atoms with van der Waals surface area (Å²) in [5, 5.41) is 8.98. The largest absolute Gasteiger partial charge is 0.480 e. The Labute approximate surface area is 167 Å². The van der Waals surface area contributed by atoms with Crippen LogP contribution in [-0.2, 0) is 16.0 Å². The van der Waals surface area contributed by atoms with E-state index in [9.17, 15) is 9.59 Å². The van der Waals surface area contributed by atoms with Crippen LogP contribution in [0.4, 0.5) is 5.69 Å². The van der Waals surface area contributed by atoms with Crippen LogP contribution in [0.25, 0.3) is 0 Å². The Bertz CT molecular complexity index is 670. The van der Waals surface area contributed by atoms with E-state index in [1.165, 1.54) is 5.56 Å². The van der Waals surface area contributed by atoms with E-state index in [0.29, 0.717) is 6.54 Å². The summed E-state index contributed by atoms with van der Waals surface area (Å²) in [5.74, 6) is -0.620. The van der Waals surface area contributed by atoms with Crippen LogP contribution >= 0.6 is 12.4 Å². The van der Waals surface area contributed by atoms with Gasteiger partial charge in [0.05, 0.1) is 13.1 Å². The van der Waals surface area contributed by atoms with Gasteiger partial charge in [-0.25, -0.2) is 0 Å². The number of carboxylic acids is 1. The van der Waals surface area contributed by atoms with E-state index >= 15 is 0 Å². The molecule has 3 rings (SSSR count). The van der Waals surface area contributed by atoms with E-state index in [2.05, 4.69) is 17.9 Å². The predicted octanol–water partition coefficient (Wildman–Crippen LogP) is 2.26. The van der Waals surface area contributed by atoms with Gasteiger partial charge < -0.3 is 10.0 Å². The van der Waals surface area contributed by atoms with Gasteiger partial charge in [0.2, 0.25) is 5.91 Å². The molecule has 0 aromatic heterocycles. The summed E-state index contributed by atoms with van der Waals surface area (Å²) in [5.41, 5.74) is 2.30. The summed E-state index contributed by atoms with van der Waals surface area (Å²) in [6.07, 6.45) is 3.80. The Balaban J connectivity index is 0.00000261. The first kappa shape index (κ1) is 21.7. The van der Waals surface area contributed by atoms with E-state index in [1.807, 2.05) is 35.0 Å². The summed E-state index contributed by atoms with van der Waals surface area (Å²) in [7, 11) is 1.88. The molecule has 27 heavy (non-hydrogen) atoms. The average molecular weight is 396 g/mol. The number of hydrogen-bond acceptors (Lipinski definition) is 4. The Morgan fingerprint density at radius 2 is 1.96 bits per heavy atom. The highest BCUT2D eigenvalue weighted by Crippen LogP contribution is 2.32. The number of anilines is 1. The third-order valence-corrected chi connectivity index (χ3v) is 5.63. The van der Waals surface area contributed by atoms with E-state index in [-0.39, 0.29) is 36.9 Å². The first-order valence-electron chi connectivity index (χ1n) is 9.50. The standard InChI is InChI=1S/C20H29N3O3.ClH/c1-15-12-16-6-3-4-8-18(16)23(15)19(24)13-22-10-5-7-17(9-11-22)21(2)14-20(25)26;/h3-4,6,8,15,17H,5,7,9-14H2,1-2H3,(H,25,26);1H. The van der Waals surface area contributed by atoms with Gasteiger partial charge >= 0.3 is 5.97 Å². The molecule has 1 aromatic rings. The van der Waals surface area contributed by atoms with Crippen LogP contribution in [-0.4, -0.2) is 72.1 Å². The fraction of sp³-hybridized carbons (Fsp3) is 0.600. The summed E-state index contributed by atoms with van der Waals surface area (Å²) >= 11 is 0. The number of rotatable bonds is 5. The van der Waals surface area contributed by atoms with E-state index < -0.39 is 5.97 Å². The molecule has 1 N–H and O–H groups in total. The van der Waals surface area contributed by atoms with Crippen molar-refractivity contribution in [2.75, 3.05) is 38.1 Å². The van der Waals surface area contributed by atoms with Gasteiger partial charge in [0, 0.05) is 24.3 Å². The Hall–Kier alpha value is -1.63. The van der Waals surface area contributed by atoms with Crippen LogP contribution < -0.4 is 4.90 Å². The van der Waals surface area contributed by atoms with Crippen molar-refractivity contribution in [1.29, 1.82) is 0 Å². The number of carbonyl (C=O) groups excluding carboxylic acids is 1. The van der Waals surface area contributed by atoms with Crippen molar-refractivity contribution in [2.45, 2.75) is 44.7 Å². The molecule has 1 saturated heterocycles. The van der Waals surface area contributed by atoms with Crippen molar-refractivity contribution in [3.63, 3.8) is 0 Å². The second-order valence-corrected chi connectivity index (χ2v) is 7.62. The number of halogens is 1. The first-order valence-corrected chi connectivity index (χ1v) is 9.50. The molecule has 2 aliphatic rings. The van der Waals surface area contributed by atoms with Crippen LogP contribution in [0.1, 0.15) is 31.7 Å². The quantitative estimate of drug-likeness (QED) is 0.828. The molecule has 2 heterocycles. The normalized spacial score (nSPS) is 22.9. The second kappa shape index (κ2) is 9.53. The average Bonchev–Trinajstić information content (AvgIpc) is 2.75. The molecule has 0 radical (unpaired) electrons. The molecule has 1 amide bonds. The van der Waals surface area contributed by atoms with Crippen LogP contribution in [0.5, 0.6) is 0 Å². The number of amides is 1. The maximum atomic E-state index is 13.0. The first-order chi connectivity index (χ1) is 12.5. The second-order valence-electron chi connectivity index (χ2n) is 7.62. The number of carboxylic acid groups (broad SMARTS) is 1. The number of carbonyl (C=O) groups is 2. The number of nitrogens with zero attached hydrogens (tertiary/aromatic N) is 3. The number of benzene rings is 1. The monoisotopic (exact) mass is 395 g/mol. The molecule has 6 nitrogen and oxygen atoms in total. The molecule has 150 valence electrons. The molecule has 0 spiro atoms. The maximum Gasteiger partial charge on any atom is 0.317 e. The fourth-order valence-corrected chi connectivity index (χ4v) is 4.29. The van der Waals surface area contributed by atoms with E-state index in [4.69, 9.17) is 5.11 Å². The van der Waals surface area contributed by atoms with Gasteiger partial charge in [0.15, 0.2) is 0 Å². The third-order valence-electron chi connectivity index (χ3n) is 5.63. The molecular formula is C20H30ClN3O3. The smallest absolute Gasteiger partial charge is 0.317 e. The number of fused-ring (bicyclic) bond motifs is 1. The number of hydrogen-bond donors (Lipinski definition) is 1.